The van der Waals surface area contributed by atoms with Gasteiger partial charge in [-0.05, 0) is 31.5 Å². The highest BCUT2D eigenvalue weighted by molar-refractivity contribution is 7.17. The summed E-state index contributed by atoms with van der Waals surface area (Å²) in [5.41, 5.74) is 0. The minimum absolute atomic E-state index is 0.0163. The van der Waals surface area contributed by atoms with Crippen LogP contribution >= 0.6 is 22.9 Å². The normalized spacial score (nSPS) is 19.1. The molecule has 1 aliphatic heterocycles. The maximum Gasteiger partial charge on any atom is 0.264 e. The lowest BCUT2D eigenvalue weighted by molar-refractivity contribution is 0.0711. The minimum Gasteiger partial charge on any atom is -0.395 e. The summed E-state index contributed by atoms with van der Waals surface area (Å²) in [5.74, 6) is -0.0466. The fourth-order valence-electron chi connectivity index (χ4n) is 2.16. The predicted octanol–water partition coefficient (Wildman–Crippen LogP) is 1.59. The van der Waals surface area contributed by atoms with Gasteiger partial charge in [-0.1, -0.05) is 11.6 Å². The monoisotopic (exact) mass is 288 g/mol. The number of hydrogen-bond donors (Lipinski definition) is 2. The predicted molar refractivity (Wildman–Crippen MR) is 73.3 cm³/mol. The van der Waals surface area contributed by atoms with Gasteiger partial charge in [0.2, 0.25) is 0 Å². The summed E-state index contributed by atoms with van der Waals surface area (Å²) in [5, 5.41) is 12.4. The fourth-order valence-corrected chi connectivity index (χ4v) is 3.17. The molecular weight excluding hydrogens is 272 g/mol. The number of aliphatic hydroxyl groups excluding tert-OH is 1. The van der Waals surface area contributed by atoms with E-state index >= 15 is 0 Å². The lowest BCUT2D eigenvalue weighted by Gasteiger charge is -2.24. The van der Waals surface area contributed by atoms with Crippen molar-refractivity contribution in [3.63, 3.8) is 0 Å². The molecule has 1 fully saturated rings. The van der Waals surface area contributed by atoms with Crippen LogP contribution in [0.4, 0.5) is 0 Å². The van der Waals surface area contributed by atoms with Gasteiger partial charge in [-0.25, -0.2) is 0 Å². The zero-order valence-corrected chi connectivity index (χ0v) is 11.6. The van der Waals surface area contributed by atoms with E-state index in [-0.39, 0.29) is 12.5 Å². The van der Waals surface area contributed by atoms with Crippen LogP contribution in [-0.2, 0) is 0 Å². The molecule has 1 unspecified atom stereocenters. The van der Waals surface area contributed by atoms with E-state index < -0.39 is 0 Å². The zero-order chi connectivity index (χ0) is 13.0. The van der Waals surface area contributed by atoms with Crippen molar-refractivity contribution in [3.05, 3.63) is 21.3 Å². The molecule has 0 bridgehead atoms. The second kappa shape index (κ2) is 6.52. The first kappa shape index (κ1) is 13.8. The third-order valence-corrected chi connectivity index (χ3v) is 4.26. The van der Waals surface area contributed by atoms with Crippen molar-refractivity contribution in [1.29, 1.82) is 0 Å². The van der Waals surface area contributed by atoms with Crippen molar-refractivity contribution in [1.82, 2.24) is 10.2 Å². The number of rotatable bonds is 5. The van der Waals surface area contributed by atoms with Gasteiger partial charge in [0, 0.05) is 19.1 Å². The van der Waals surface area contributed by atoms with Crippen molar-refractivity contribution in [2.24, 2.45) is 0 Å². The number of nitrogens with one attached hydrogen (secondary N) is 1. The van der Waals surface area contributed by atoms with Gasteiger partial charge >= 0.3 is 0 Å². The van der Waals surface area contributed by atoms with Crippen LogP contribution in [0.15, 0.2) is 12.1 Å². The Hall–Kier alpha value is -0.620. The summed E-state index contributed by atoms with van der Waals surface area (Å²) < 4.78 is 0.612. The lowest BCUT2D eigenvalue weighted by Crippen LogP contribution is -2.42. The number of hydrogen-bond acceptors (Lipinski definition) is 4. The second-order valence-corrected chi connectivity index (χ2v) is 6.09. The zero-order valence-electron chi connectivity index (χ0n) is 10.1. The molecule has 2 heterocycles. The Morgan fingerprint density at radius 3 is 3.00 bits per heavy atom. The van der Waals surface area contributed by atoms with Crippen molar-refractivity contribution < 1.29 is 9.90 Å². The van der Waals surface area contributed by atoms with Crippen molar-refractivity contribution in [2.45, 2.75) is 18.9 Å². The second-order valence-electron chi connectivity index (χ2n) is 4.37. The van der Waals surface area contributed by atoms with Crippen molar-refractivity contribution in [2.75, 3.05) is 26.2 Å². The summed E-state index contributed by atoms with van der Waals surface area (Å²) in [6.45, 7) is 2.01. The van der Waals surface area contributed by atoms with E-state index in [9.17, 15) is 4.79 Å². The van der Waals surface area contributed by atoms with Crippen LogP contribution in [0.2, 0.25) is 4.34 Å². The molecule has 0 aromatic carbocycles. The Kier molecular flexibility index (Phi) is 5.00. The number of thiophene rings is 1. The molecule has 100 valence electrons. The molecule has 6 heteroatoms. The Bertz CT molecular complexity index is 405. The molecule has 2 N–H and O–H groups in total. The summed E-state index contributed by atoms with van der Waals surface area (Å²) in [4.78, 5) is 14.6. The maximum absolute atomic E-state index is 12.3. The van der Waals surface area contributed by atoms with E-state index in [4.69, 9.17) is 16.7 Å². The smallest absolute Gasteiger partial charge is 0.264 e. The number of halogens is 1. The molecule has 1 amide bonds. The van der Waals surface area contributed by atoms with Gasteiger partial charge in [0.15, 0.2) is 0 Å². The number of nitrogens with zero attached hydrogens (tertiary/aromatic N) is 1. The average Bonchev–Trinajstić information content (AvgIpc) is 2.99. The Morgan fingerprint density at radius 1 is 1.61 bits per heavy atom. The summed E-state index contributed by atoms with van der Waals surface area (Å²) in [6.07, 6.45) is 2.23. The highest BCUT2D eigenvalue weighted by atomic mass is 35.5. The lowest BCUT2D eigenvalue weighted by atomic mass is 10.2. The molecule has 2 rings (SSSR count). The van der Waals surface area contributed by atoms with Gasteiger partial charge in [-0.3, -0.25) is 4.79 Å². The van der Waals surface area contributed by atoms with Crippen LogP contribution in [0.5, 0.6) is 0 Å². The molecule has 1 aromatic rings. The molecule has 1 aromatic heterocycles. The third-order valence-electron chi connectivity index (χ3n) is 3.04. The molecule has 4 nitrogen and oxygen atoms in total. The molecule has 18 heavy (non-hydrogen) atoms. The topological polar surface area (TPSA) is 52.6 Å². The van der Waals surface area contributed by atoms with E-state index in [0.717, 1.165) is 19.4 Å². The largest absolute Gasteiger partial charge is 0.395 e. The van der Waals surface area contributed by atoms with E-state index in [1.807, 2.05) is 0 Å². The van der Waals surface area contributed by atoms with Crippen molar-refractivity contribution >= 4 is 28.8 Å². The Morgan fingerprint density at radius 2 is 2.44 bits per heavy atom. The van der Waals surface area contributed by atoms with Crippen LogP contribution in [-0.4, -0.2) is 48.2 Å². The van der Waals surface area contributed by atoms with Gasteiger partial charge in [-0.15, -0.1) is 11.3 Å². The third kappa shape index (κ3) is 3.45. The van der Waals surface area contributed by atoms with Gasteiger partial charge in [0.1, 0.15) is 0 Å². The van der Waals surface area contributed by atoms with Crippen LogP contribution in [0, 0.1) is 0 Å². The molecule has 0 saturated carbocycles. The van der Waals surface area contributed by atoms with Crippen LogP contribution in [0.25, 0.3) is 0 Å². The highest BCUT2D eigenvalue weighted by Crippen LogP contribution is 2.23. The van der Waals surface area contributed by atoms with Crippen LogP contribution in [0.1, 0.15) is 22.5 Å². The quantitative estimate of drug-likeness (QED) is 0.865. The van der Waals surface area contributed by atoms with Crippen LogP contribution in [0.3, 0.4) is 0 Å². The number of amides is 1. The SMILES string of the molecule is O=C(c1ccc(Cl)s1)N(CCO)CC1CCCN1. The summed E-state index contributed by atoms with van der Waals surface area (Å²) in [7, 11) is 0. The first-order valence-corrected chi connectivity index (χ1v) is 7.29. The molecule has 0 radical (unpaired) electrons. The molecule has 1 atom stereocenters. The molecule has 0 spiro atoms. The fraction of sp³-hybridized carbons (Fsp3) is 0.583. The first-order valence-electron chi connectivity index (χ1n) is 6.09. The van der Waals surface area contributed by atoms with Gasteiger partial charge in [-0.2, -0.15) is 0 Å². The summed E-state index contributed by atoms with van der Waals surface area (Å²) in [6, 6.07) is 3.81. The Labute approximate surface area is 116 Å². The maximum atomic E-state index is 12.3. The molecule has 1 saturated heterocycles. The van der Waals surface area contributed by atoms with E-state index in [0.29, 0.717) is 28.3 Å². The first-order chi connectivity index (χ1) is 8.70. The number of aliphatic hydroxyl groups is 1. The average molecular weight is 289 g/mol. The summed E-state index contributed by atoms with van der Waals surface area (Å²) >= 11 is 7.12. The van der Waals surface area contributed by atoms with Gasteiger partial charge in [0.05, 0.1) is 15.8 Å². The minimum atomic E-state index is -0.0466. The number of carbonyl (C=O) groups excluding carboxylic acids is 1. The molecule has 1 aliphatic rings. The molecule has 0 aliphatic carbocycles. The number of carbonyl (C=O) groups is 1. The van der Waals surface area contributed by atoms with E-state index in [1.165, 1.54) is 11.3 Å². The van der Waals surface area contributed by atoms with Crippen molar-refractivity contribution in [3.8, 4) is 0 Å². The van der Waals surface area contributed by atoms with Crippen LogP contribution < -0.4 is 5.32 Å². The van der Waals surface area contributed by atoms with E-state index in [2.05, 4.69) is 5.32 Å². The highest BCUT2D eigenvalue weighted by Gasteiger charge is 2.22. The molecular formula is C12H17ClN2O2S. The Balaban J connectivity index is 2.01. The van der Waals surface area contributed by atoms with Gasteiger partial charge < -0.3 is 15.3 Å². The van der Waals surface area contributed by atoms with Gasteiger partial charge in [0.25, 0.3) is 5.91 Å². The standard InChI is InChI=1S/C12H17ClN2O2S/c13-11-4-3-10(18-11)12(17)15(6-7-16)8-9-2-1-5-14-9/h3-4,9,14,16H,1-2,5-8H2. The van der Waals surface area contributed by atoms with E-state index in [1.54, 1.807) is 17.0 Å².